The van der Waals surface area contributed by atoms with Gasteiger partial charge in [0.15, 0.2) is 0 Å². The third-order valence-corrected chi connectivity index (χ3v) is 3.66. The van der Waals surface area contributed by atoms with E-state index in [-0.39, 0.29) is 0 Å². The minimum absolute atomic E-state index is 0.754. The van der Waals surface area contributed by atoms with E-state index in [4.69, 9.17) is 6.42 Å². The zero-order valence-electron chi connectivity index (χ0n) is 9.67. The average Bonchev–Trinajstić information content (AvgIpc) is 2.27. The monoisotopic (exact) mass is 226 g/mol. The molecule has 2 nitrogen and oxygen atoms in total. The molecular formula is C12H22N2S. The van der Waals surface area contributed by atoms with E-state index in [0.29, 0.717) is 0 Å². The summed E-state index contributed by atoms with van der Waals surface area (Å²) in [4.78, 5) is 2.55. The lowest BCUT2D eigenvalue weighted by atomic mass is 10.1. The minimum atomic E-state index is 0.754. The second-order valence-corrected chi connectivity index (χ2v) is 5.04. The molecule has 3 heteroatoms. The number of terminal acetylenes is 1. The summed E-state index contributed by atoms with van der Waals surface area (Å²) in [5.74, 6) is 4.70. The lowest BCUT2D eigenvalue weighted by Gasteiger charge is -2.32. The maximum absolute atomic E-state index is 5.21. The van der Waals surface area contributed by atoms with Crippen molar-refractivity contribution in [2.45, 2.75) is 25.8 Å². The predicted molar refractivity (Wildman–Crippen MR) is 69.3 cm³/mol. The molecule has 86 valence electrons. The van der Waals surface area contributed by atoms with E-state index < -0.39 is 0 Å². The van der Waals surface area contributed by atoms with E-state index in [9.17, 15) is 0 Å². The van der Waals surface area contributed by atoms with Crippen molar-refractivity contribution in [2.75, 3.05) is 37.7 Å². The van der Waals surface area contributed by atoms with Gasteiger partial charge in [-0.2, -0.15) is 0 Å². The summed E-state index contributed by atoms with van der Waals surface area (Å²) in [6.07, 6.45) is 7.81. The van der Waals surface area contributed by atoms with Crippen LogP contribution in [0.5, 0.6) is 0 Å². The summed E-state index contributed by atoms with van der Waals surface area (Å²) in [5, 5.41) is 3.52. The van der Waals surface area contributed by atoms with E-state index in [1.807, 2.05) is 11.8 Å². The molecule has 1 rings (SSSR count). The number of hydrogen-bond acceptors (Lipinski definition) is 3. The summed E-state index contributed by atoms with van der Waals surface area (Å²) in [6.45, 7) is 6.97. The fourth-order valence-electron chi connectivity index (χ4n) is 1.97. The maximum atomic E-state index is 5.21. The van der Waals surface area contributed by atoms with Crippen LogP contribution in [0.25, 0.3) is 0 Å². The van der Waals surface area contributed by atoms with Crippen molar-refractivity contribution in [3.05, 3.63) is 0 Å². The lowest BCUT2D eigenvalue weighted by Crippen LogP contribution is -2.43. The minimum Gasteiger partial charge on any atom is -0.314 e. The Hall–Kier alpha value is -0.170. The average molecular weight is 226 g/mol. The smallest absolute Gasteiger partial charge is 0.0545 e. The second-order valence-electron chi connectivity index (χ2n) is 3.93. The van der Waals surface area contributed by atoms with Crippen LogP contribution in [0.4, 0.5) is 0 Å². The summed E-state index contributed by atoms with van der Waals surface area (Å²) in [7, 11) is 0. The van der Waals surface area contributed by atoms with Gasteiger partial charge in [0.1, 0.15) is 0 Å². The molecule has 15 heavy (non-hydrogen) atoms. The molecule has 0 spiro atoms. The molecule has 1 aliphatic heterocycles. The van der Waals surface area contributed by atoms with Gasteiger partial charge in [-0.1, -0.05) is 12.8 Å². The first-order valence-corrected chi connectivity index (χ1v) is 6.99. The van der Waals surface area contributed by atoms with Crippen molar-refractivity contribution in [1.82, 2.24) is 10.2 Å². The zero-order valence-corrected chi connectivity index (χ0v) is 10.5. The normalized spacial score (nSPS) is 18.9. The van der Waals surface area contributed by atoms with Crippen LogP contribution in [0.15, 0.2) is 0 Å². The van der Waals surface area contributed by atoms with Crippen molar-refractivity contribution >= 4 is 11.8 Å². The fraction of sp³-hybridized carbons (Fsp3) is 0.833. The van der Waals surface area contributed by atoms with Gasteiger partial charge in [0.25, 0.3) is 0 Å². The first-order valence-electron chi connectivity index (χ1n) is 5.83. The highest BCUT2D eigenvalue weighted by Crippen LogP contribution is 2.11. The fourth-order valence-corrected chi connectivity index (χ4v) is 2.62. The van der Waals surface area contributed by atoms with Gasteiger partial charge in [-0.05, 0) is 32.5 Å². The number of hydrogen-bond donors (Lipinski definition) is 1. The summed E-state index contributed by atoms with van der Waals surface area (Å²) < 4.78 is 0. The first kappa shape index (κ1) is 12.9. The van der Waals surface area contributed by atoms with Crippen molar-refractivity contribution in [3.8, 4) is 12.3 Å². The Bertz CT molecular complexity index is 192. The molecule has 0 aromatic carbocycles. The van der Waals surface area contributed by atoms with Gasteiger partial charge in [-0.15, -0.1) is 18.2 Å². The summed E-state index contributed by atoms with van der Waals surface area (Å²) in [5.41, 5.74) is 0. The van der Waals surface area contributed by atoms with Crippen molar-refractivity contribution in [2.24, 2.45) is 0 Å². The van der Waals surface area contributed by atoms with Gasteiger partial charge in [0.05, 0.1) is 5.75 Å². The molecule has 0 bridgehead atoms. The molecule has 1 heterocycles. The predicted octanol–water partition coefficient (Wildman–Crippen LogP) is 1.43. The molecule has 1 saturated heterocycles. The number of nitrogens with one attached hydrogen (secondary N) is 1. The first-order chi connectivity index (χ1) is 7.36. The molecule has 0 unspecified atom stereocenters. The van der Waals surface area contributed by atoms with Crippen LogP contribution in [-0.2, 0) is 0 Å². The molecule has 1 aliphatic rings. The third kappa shape index (κ3) is 5.46. The molecule has 0 saturated carbocycles. The number of nitrogens with zero attached hydrogens (tertiary/aromatic N) is 1. The Labute approximate surface area is 98.2 Å². The Morgan fingerprint density at radius 1 is 1.47 bits per heavy atom. The Kier molecular flexibility index (Phi) is 6.91. The van der Waals surface area contributed by atoms with Crippen LogP contribution in [0.1, 0.15) is 19.8 Å². The molecule has 1 N–H and O–H groups in total. The molecule has 0 aliphatic carbocycles. The molecule has 1 fully saturated rings. The zero-order chi connectivity index (χ0) is 10.9. The highest BCUT2D eigenvalue weighted by Gasteiger charge is 2.17. The molecule has 0 aromatic rings. The molecular weight excluding hydrogens is 204 g/mol. The van der Waals surface area contributed by atoms with Crippen molar-refractivity contribution in [3.63, 3.8) is 0 Å². The summed E-state index contributed by atoms with van der Waals surface area (Å²) >= 11 is 1.86. The Morgan fingerprint density at radius 3 is 2.80 bits per heavy atom. The van der Waals surface area contributed by atoms with Crippen molar-refractivity contribution < 1.29 is 0 Å². The van der Waals surface area contributed by atoms with E-state index in [2.05, 4.69) is 23.1 Å². The van der Waals surface area contributed by atoms with Crippen LogP contribution >= 0.6 is 11.8 Å². The van der Waals surface area contributed by atoms with E-state index in [1.165, 1.54) is 38.2 Å². The molecule has 0 aromatic heterocycles. The summed E-state index contributed by atoms with van der Waals surface area (Å²) in [6, 6.07) is 0.754. The highest BCUT2D eigenvalue weighted by atomic mass is 32.2. The second kappa shape index (κ2) is 8.04. The molecule has 0 radical (unpaired) electrons. The largest absolute Gasteiger partial charge is 0.314 e. The molecule has 0 atom stereocenters. The topological polar surface area (TPSA) is 15.3 Å². The van der Waals surface area contributed by atoms with E-state index in [0.717, 1.165) is 18.3 Å². The van der Waals surface area contributed by atoms with E-state index >= 15 is 0 Å². The van der Waals surface area contributed by atoms with Gasteiger partial charge in [-0.25, -0.2) is 0 Å². The van der Waals surface area contributed by atoms with Crippen LogP contribution in [-0.4, -0.2) is 48.6 Å². The maximum Gasteiger partial charge on any atom is 0.0545 e. The van der Waals surface area contributed by atoms with Crippen LogP contribution in [0.3, 0.4) is 0 Å². The number of rotatable bonds is 6. The molecule has 0 amide bonds. The highest BCUT2D eigenvalue weighted by molar-refractivity contribution is 7.99. The lowest BCUT2D eigenvalue weighted by molar-refractivity contribution is 0.209. The Morgan fingerprint density at radius 2 is 2.20 bits per heavy atom. The van der Waals surface area contributed by atoms with Gasteiger partial charge >= 0.3 is 0 Å². The van der Waals surface area contributed by atoms with Crippen LogP contribution in [0.2, 0.25) is 0 Å². The standard InChI is InChI=1S/C12H22N2S/c1-3-10-15-11-9-14-7-5-12(6-8-14)13-4-2/h1,12-13H,4-11H2,2H3. The number of piperidine rings is 1. The Balaban J connectivity index is 2.02. The van der Waals surface area contributed by atoms with E-state index in [1.54, 1.807) is 0 Å². The SMILES string of the molecule is C#CCSCCN1CCC(NCC)CC1. The number of thioether (sulfide) groups is 1. The van der Waals surface area contributed by atoms with Crippen LogP contribution < -0.4 is 5.32 Å². The van der Waals surface area contributed by atoms with Gasteiger partial charge in [-0.3, -0.25) is 0 Å². The van der Waals surface area contributed by atoms with Gasteiger partial charge < -0.3 is 10.2 Å². The van der Waals surface area contributed by atoms with Gasteiger partial charge in [0, 0.05) is 18.3 Å². The number of likely N-dealkylation sites (tertiary alicyclic amines) is 1. The quantitative estimate of drug-likeness (QED) is 0.545. The van der Waals surface area contributed by atoms with Gasteiger partial charge in [0.2, 0.25) is 0 Å². The third-order valence-electron chi connectivity index (χ3n) is 2.82. The van der Waals surface area contributed by atoms with Crippen LogP contribution in [0, 0.1) is 12.3 Å². The van der Waals surface area contributed by atoms with Crippen molar-refractivity contribution in [1.29, 1.82) is 0 Å².